The Labute approximate surface area is 163 Å². The van der Waals surface area contributed by atoms with Crippen LogP contribution in [0.3, 0.4) is 0 Å². The highest BCUT2D eigenvalue weighted by Gasteiger charge is 2.24. The first kappa shape index (κ1) is 19.7. The van der Waals surface area contributed by atoms with Crippen molar-refractivity contribution in [2.45, 2.75) is 18.8 Å². The molecular formula is C20H23N5O3. The summed E-state index contributed by atoms with van der Waals surface area (Å²) in [6.45, 7) is 1.93. The lowest BCUT2D eigenvalue weighted by atomic mass is 10.1. The molecule has 3 rings (SSSR count). The van der Waals surface area contributed by atoms with Gasteiger partial charge in [-0.3, -0.25) is 4.79 Å². The molecule has 0 bridgehead atoms. The number of hydrogen-bond donors (Lipinski definition) is 2. The van der Waals surface area contributed by atoms with E-state index in [1.807, 2.05) is 59.5 Å². The Kier molecular flexibility index (Phi) is 6.86. The number of aliphatic hydroxyl groups excluding tert-OH is 1. The number of azide groups is 1. The Morgan fingerprint density at radius 1 is 1.25 bits per heavy atom. The largest absolute Gasteiger partial charge is 0.391 e. The average Bonchev–Trinajstić information content (AvgIpc) is 2.73. The summed E-state index contributed by atoms with van der Waals surface area (Å²) < 4.78 is 5.57. The first-order valence-electron chi connectivity index (χ1n) is 9.14. The van der Waals surface area contributed by atoms with Gasteiger partial charge in [0.15, 0.2) is 6.10 Å². The predicted molar refractivity (Wildman–Crippen MR) is 106 cm³/mol. The van der Waals surface area contributed by atoms with E-state index in [-0.39, 0.29) is 12.5 Å². The zero-order valence-corrected chi connectivity index (χ0v) is 15.4. The summed E-state index contributed by atoms with van der Waals surface area (Å²) in [7, 11) is 0. The van der Waals surface area contributed by atoms with Crippen LogP contribution >= 0.6 is 0 Å². The third-order valence-electron chi connectivity index (χ3n) is 4.49. The molecule has 2 atom stereocenters. The van der Waals surface area contributed by atoms with E-state index in [0.717, 1.165) is 16.8 Å². The predicted octanol–water partition coefficient (Wildman–Crippen LogP) is 2.55. The molecule has 2 aromatic carbocycles. The molecule has 1 amide bonds. The zero-order chi connectivity index (χ0) is 19.8. The van der Waals surface area contributed by atoms with Gasteiger partial charge in [-0.2, -0.15) is 0 Å². The van der Waals surface area contributed by atoms with E-state index in [2.05, 4.69) is 15.3 Å². The SMILES string of the molecule is [N-]=[N+]=NCC(O)CN(Cc1ccccc1)c1ccc([C@H]2OCCNC2=O)cc1. The van der Waals surface area contributed by atoms with Gasteiger partial charge < -0.3 is 20.1 Å². The number of morpholine rings is 1. The fraction of sp³-hybridized carbons (Fsp3) is 0.350. The summed E-state index contributed by atoms with van der Waals surface area (Å²) in [5.41, 5.74) is 11.2. The number of benzene rings is 2. The normalized spacial score (nSPS) is 17.3. The van der Waals surface area contributed by atoms with Crippen molar-refractivity contribution >= 4 is 11.6 Å². The Balaban J connectivity index is 1.78. The van der Waals surface area contributed by atoms with Crippen molar-refractivity contribution in [3.63, 3.8) is 0 Å². The van der Waals surface area contributed by atoms with Gasteiger partial charge in [-0.25, -0.2) is 0 Å². The maximum absolute atomic E-state index is 12.0. The van der Waals surface area contributed by atoms with Crippen LogP contribution < -0.4 is 10.2 Å². The van der Waals surface area contributed by atoms with E-state index in [4.69, 9.17) is 10.3 Å². The van der Waals surface area contributed by atoms with Crippen LogP contribution in [0.4, 0.5) is 5.69 Å². The highest BCUT2D eigenvalue weighted by atomic mass is 16.5. The molecule has 1 fully saturated rings. The molecule has 28 heavy (non-hydrogen) atoms. The molecule has 2 aromatic rings. The fourth-order valence-electron chi connectivity index (χ4n) is 3.13. The third-order valence-corrected chi connectivity index (χ3v) is 4.49. The van der Waals surface area contributed by atoms with Crippen LogP contribution in [-0.2, 0) is 16.1 Å². The zero-order valence-electron chi connectivity index (χ0n) is 15.4. The first-order chi connectivity index (χ1) is 13.7. The van der Waals surface area contributed by atoms with E-state index in [0.29, 0.717) is 26.2 Å². The summed E-state index contributed by atoms with van der Waals surface area (Å²) in [6, 6.07) is 17.5. The molecule has 146 valence electrons. The van der Waals surface area contributed by atoms with Crippen molar-refractivity contribution in [3.8, 4) is 0 Å². The third kappa shape index (κ3) is 5.23. The molecule has 8 heteroatoms. The van der Waals surface area contributed by atoms with Crippen LogP contribution in [0.1, 0.15) is 17.2 Å². The molecule has 1 saturated heterocycles. The molecule has 0 aromatic heterocycles. The van der Waals surface area contributed by atoms with Crippen LogP contribution in [-0.4, -0.2) is 43.4 Å². The minimum Gasteiger partial charge on any atom is -0.391 e. The van der Waals surface area contributed by atoms with Gasteiger partial charge in [0, 0.05) is 30.2 Å². The lowest BCUT2D eigenvalue weighted by molar-refractivity contribution is -0.138. The molecule has 0 aliphatic carbocycles. The number of carbonyl (C=O) groups is 1. The Hall–Kier alpha value is -3.06. The smallest absolute Gasteiger partial charge is 0.253 e. The van der Waals surface area contributed by atoms with Crippen LogP contribution in [0, 0.1) is 0 Å². The molecule has 2 N–H and O–H groups in total. The van der Waals surface area contributed by atoms with Gasteiger partial charge in [0.2, 0.25) is 0 Å². The monoisotopic (exact) mass is 381 g/mol. The van der Waals surface area contributed by atoms with Crippen molar-refractivity contribution in [1.82, 2.24) is 5.32 Å². The number of rotatable bonds is 8. The van der Waals surface area contributed by atoms with Gasteiger partial charge in [-0.15, -0.1) is 0 Å². The van der Waals surface area contributed by atoms with E-state index in [9.17, 15) is 9.90 Å². The van der Waals surface area contributed by atoms with Gasteiger partial charge in [-0.05, 0) is 28.8 Å². The van der Waals surface area contributed by atoms with Crippen LogP contribution in [0.15, 0.2) is 59.7 Å². The standard InChI is InChI=1S/C20H23N5O3/c21-24-23-12-18(26)14-25(13-15-4-2-1-3-5-15)17-8-6-16(7-9-17)19-20(27)22-10-11-28-19/h1-9,18-19,26H,10-14H2,(H,22,27)/t18?,19-/m1/s1. The lowest BCUT2D eigenvalue weighted by Gasteiger charge is -2.28. The van der Waals surface area contributed by atoms with Gasteiger partial charge >= 0.3 is 0 Å². The number of ether oxygens (including phenoxy) is 1. The van der Waals surface area contributed by atoms with Crippen molar-refractivity contribution in [3.05, 3.63) is 76.2 Å². The number of nitrogens with zero attached hydrogens (tertiary/aromatic N) is 4. The summed E-state index contributed by atoms with van der Waals surface area (Å²) in [4.78, 5) is 16.7. The van der Waals surface area contributed by atoms with E-state index in [1.54, 1.807) is 0 Å². The quantitative estimate of drug-likeness (QED) is 0.416. The van der Waals surface area contributed by atoms with Crippen LogP contribution in [0.2, 0.25) is 0 Å². The molecule has 0 spiro atoms. The molecule has 0 saturated carbocycles. The number of anilines is 1. The second kappa shape index (κ2) is 9.75. The average molecular weight is 381 g/mol. The van der Waals surface area contributed by atoms with Crippen molar-refractivity contribution in [2.24, 2.45) is 5.11 Å². The minimum absolute atomic E-state index is 0.00988. The summed E-state index contributed by atoms with van der Waals surface area (Å²) in [5, 5.41) is 16.5. The molecule has 1 heterocycles. The van der Waals surface area contributed by atoms with Crippen LogP contribution in [0.25, 0.3) is 10.4 Å². The molecule has 0 radical (unpaired) electrons. The first-order valence-corrected chi connectivity index (χ1v) is 9.14. The molecule has 8 nitrogen and oxygen atoms in total. The topological polar surface area (TPSA) is 111 Å². The maximum Gasteiger partial charge on any atom is 0.253 e. The highest BCUT2D eigenvalue weighted by Crippen LogP contribution is 2.24. The number of carbonyl (C=O) groups excluding carboxylic acids is 1. The number of nitrogens with one attached hydrogen (secondary N) is 1. The molecular weight excluding hydrogens is 358 g/mol. The number of aliphatic hydroxyl groups is 1. The Morgan fingerprint density at radius 3 is 2.68 bits per heavy atom. The Morgan fingerprint density at radius 2 is 2.00 bits per heavy atom. The van der Waals surface area contributed by atoms with E-state index in [1.165, 1.54) is 0 Å². The van der Waals surface area contributed by atoms with Crippen molar-refractivity contribution in [2.75, 3.05) is 31.1 Å². The Bertz CT molecular complexity index is 821. The fourth-order valence-corrected chi connectivity index (χ4v) is 3.13. The van der Waals surface area contributed by atoms with Gasteiger partial charge in [0.1, 0.15) is 0 Å². The molecule has 1 unspecified atom stereocenters. The highest BCUT2D eigenvalue weighted by molar-refractivity contribution is 5.82. The van der Waals surface area contributed by atoms with Gasteiger partial charge in [0.25, 0.3) is 5.91 Å². The summed E-state index contributed by atoms with van der Waals surface area (Å²) in [6.07, 6.45) is -1.38. The molecule has 1 aliphatic rings. The van der Waals surface area contributed by atoms with Crippen molar-refractivity contribution < 1.29 is 14.6 Å². The minimum atomic E-state index is -0.785. The second-order valence-corrected chi connectivity index (χ2v) is 6.57. The lowest BCUT2D eigenvalue weighted by Crippen LogP contribution is -2.39. The van der Waals surface area contributed by atoms with E-state index < -0.39 is 12.2 Å². The summed E-state index contributed by atoms with van der Waals surface area (Å²) >= 11 is 0. The van der Waals surface area contributed by atoms with E-state index >= 15 is 0 Å². The second-order valence-electron chi connectivity index (χ2n) is 6.57. The van der Waals surface area contributed by atoms with Gasteiger partial charge in [-0.1, -0.05) is 47.6 Å². The number of amides is 1. The van der Waals surface area contributed by atoms with Crippen LogP contribution in [0.5, 0.6) is 0 Å². The van der Waals surface area contributed by atoms with Crippen molar-refractivity contribution in [1.29, 1.82) is 0 Å². The number of hydrogen-bond acceptors (Lipinski definition) is 5. The maximum atomic E-state index is 12.0. The summed E-state index contributed by atoms with van der Waals surface area (Å²) in [5.74, 6) is -0.134. The molecule has 1 aliphatic heterocycles. The van der Waals surface area contributed by atoms with Gasteiger partial charge in [0.05, 0.1) is 19.3 Å².